The van der Waals surface area contributed by atoms with Gasteiger partial charge in [0.25, 0.3) is 0 Å². The summed E-state index contributed by atoms with van der Waals surface area (Å²) in [4.78, 5) is 16.9. The van der Waals surface area contributed by atoms with Crippen LogP contribution in [-0.2, 0) is 11.9 Å². The lowest BCUT2D eigenvalue weighted by molar-refractivity contribution is -0.137. The van der Waals surface area contributed by atoms with Crippen LogP contribution in [0, 0.1) is 0 Å². The van der Waals surface area contributed by atoms with E-state index in [1.807, 2.05) is 0 Å². The van der Waals surface area contributed by atoms with E-state index in [9.17, 15) is 18.0 Å². The van der Waals surface area contributed by atoms with E-state index < -0.39 is 22.6 Å². The van der Waals surface area contributed by atoms with E-state index in [2.05, 4.69) is 4.99 Å². The molecule has 126 valence electrons. The Hall–Kier alpha value is -2.28. The summed E-state index contributed by atoms with van der Waals surface area (Å²) in [6, 6.07) is 9.96. The summed E-state index contributed by atoms with van der Waals surface area (Å²) in [7, 11) is 0.335. The fourth-order valence-corrected chi connectivity index (χ4v) is 4.07. The lowest BCUT2D eigenvalue weighted by atomic mass is 10.1. The van der Waals surface area contributed by atoms with Crippen LogP contribution in [0.5, 0.6) is 5.75 Å². The minimum absolute atomic E-state index is 0.0300. The van der Waals surface area contributed by atoms with Crippen LogP contribution in [0.3, 0.4) is 0 Å². The number of fused-ring (bicyclic) bond motifs is 1. The molecule has 7 heteroatoms. The van der Waals surface area contributed by atoms with Crippen LogP contribution in [0.15, 0.2) is 47.5 Å². The molecule has 1 aliphatic heterocycles. The van der Waals surface area contributed by atoms with Gasteiger partial charge in [-0.05, 0) is 29.8 Å². The maximum Gasteiger partial charge on any atom is 0.416 e. The summed E-state index contributed by atoms with van der Waals surface area (Å²) in [5.74, 6) is 0.994. The molecular weight excluding hydrogens is 339 g/mol. The van der Waals surface area contributed by atoms with Gasteiger partial charge < -0.3 is 4.74 Å². The van der Waals surface area contributed by atoms with Crippen LogP contribution >= 0.6 is 10.9 Å². The second-order valence-electron chi connectivity index (χ2n) is 5.26. The minimum atomic E-state index is -4.36. The van der Waals surface area contributed by atoms with Crippen molar-refractivity contribution in [3.05, 3.63) is 59.2 Å². The first-order chi connectivity index (χ1) is 11.4. The molecule has 24 heavy (non-hydrogen) atoms. The molecule has 0 N–H and O–H groups in total. The summed E-state index contributed by atoms with van der Waals surface area (Å²) in [5, 5.41) is -0.0300. The summed E-state index contributed by atoms with van der Waals surface area (Å²) in [6.07, 6.45) is -4.36. The van der Waals surface area contributed by atoms with Crippen molar-refractivity contribution < 1.29 is 22.7 Å². The SMILES string of the molecule is COc1ccc2c(c1)N=C[SH](Cc1ccc(C(F)(F)F)cc1)C2=O. The van der Waals surface area contributed by atoms with E-state index in [1.165, 1.54) is 19.2 Å². The van der Waals surface area contributed by atoms with Crippen molar-refractivity contribution in [1.82, 2.24) is 0 Å². The van der Waals surface area contributed by atoms with Gasteiger partial charge in [-0.1, -0.05) is 12.1 Å². The van der Waals surface area contributed by atoms with Gasteiger partial charge in [0.15, 0.2) is 0 Å². The van der Waals surface area contributed by atoms with Gasteiger partial charge in [0.05, 0.1) is 23.9 Å². The van der Waals surface area contributed by atoms with Crippen molar-refractivity contribution in [1.29, 1.82) is 0 Å². The third-order valence-electron chi connectivity index (χ3n) is 3.67. The topological polar surface area (TPSA) is 38.7 Å². The van der Waals surface area contributed by atoms with Crippen LogP contribution in [0.1, 0.15) is 21.5 Å². The summed E-state index contributed by atoms with van der Waals surface area (Å²) in [5.41, 5.74) is 2.68. The normalized spacial score (nSPS) is 18.3. The number of hydrogen-bond donors (Lipinski definition) is 1. The molecule has 0 radical (unpaired) electrons. The first-order valence-electron chi connectivity index (χ1n) is 7.08. The number of rotatable bonds is 3. The summed E-state index contributed by atoms with van der Waals surface area (Å²) in [6.45, 7) is 0. The molecule has 1 aliphatic rings. The molecule has 2 aromatic rings. The number of ether oxygens (including phenoxy) is 1. The van der Waals surface area contributed by atoms with Crippen molar-refractivity contribution in [2.24, 2.45) is 4.99 Å². The number of methoxy groups -OCH3 is 1. The molecule has 2 aromatic carbocycles. The monoisotopic (exact) mass is 353 g/mol. The fraction of sp³-hybridized carbons (Fsp3) is 0.176. The molecule has 0 bridgehead atoms. The van der Waals surface area contributed by atoms with Crippen molar-refractivity contribution in [3.63, 3.8) is 0 Å². The number of aliphatic imine (C=N–C) groups is 1. The Morgan fingerprint density at radius 2 is 1.83 bits per heavy atom. The molecule has 0 spiro atoms. The van der Waals surface area contributed by atoms with Gasteiger partial charge in [-0.2, -0.15) is 13.2 Å². The molecular formula is C17H14F3NO2S. The molecule has 0 aliphatic carbocycles. The number of nitrogens with zero attached hydrogens (tertiary/aromatic N) is 1. The van der Waals surface area contributed by atoms with Crippen molar-refractivity contribution in [3.8, 4) is 5.75 Å². The van der Waals surface area contributed by atoms with Crippen LogP contribution in [0.4, 0.5) is 18.9 Å². The molecule has 0 saturated carbocycles. The Morgan fingerprint density at radius 1 is 1.12 bits per heavy atom. The molecule has 1 unspecified atom stereocenters. The predicted octanol–water partition coefficient (Wildman–Crippen LogP) is 4.73. The van der Waals surface area contributed by atoms with Gasteiger partial charge in [-0.15, -0.1) is 10.9 Å². The van der Waals surface area contributed by atoms with Gasteiger partial charge >= 0.3 is 6.18 Å². The third kappa shape index (κ3) is 3.31. The van der Waals surface area contributed by atoms with E-state index in [-0.39, 0.29) is 5.12 Å². The average molecular weight is 353 g/mol. The number of carbonyl (C=O) groups excluding carboxylic acids is 1. The highest BCUT2D eigenvalue weighted by molar-refractivity contribution is 8.39. The maximum atomic E-state index is 12.6. The Balaban J connectivity index is 1.79. The number of benzene rings is 2. The van der Waals surface area contributed by atoms with Crippen LogP contribution in [-0.4, -0.2) is 17.8 Å². The minimum Gasteiger partial charge on any atom is -0.497 e. The largest absolute Gasteiger partial charge is 0.497 e. The highest BCUT2D eigenvalue weighted by Gasteiger charge is 2.30. The standard InChI is InChI=1S/C17H14F3NO2S/c1-23-13-6-7-14-15(8-13)21-10-24(16(14)22)9-11-2-4-12(5-3-11)17(18,19)20/h2-8,10,24H,9H2,1H3. The number of halogens is 3. The van der Waals surface area contributed by atoms with Gasteiger partial charge in [-0.25, -0.2) is 0 Å². The Kier molecular flexibility index (Phi) is 4.36. The number of thiol groups is 1. The molecule has 1 atom stereocenters. The summed E-state index contributed by atoms with van der Waals surface area (Å²) >= 11 is 0. The molecule has 3 nitrogen and oxygen atoms in total. The highest BCUT2D eigenvalue weighted by Crippen LogP contribution is 2.41. The Bertz CT molecular complexity index is 800. The highest BCUT2D eigenvalue weighted by atomic mass is 32.2. The Morgan fingerprint density at radius 3 is 2.46 bits per heavy atom. The maximum absolute atomic E-state index is 12.6. The van der Waals surface area contributed by atoms with E-state index in [0.717, 1.165) is 12.1 Å². The van der Waals surface area contributed by atoms with Crippen molar-refractivity contribution >= 4 is 27.2 Å². The summed E-state index contributed by atoms with van der Waals surface area (Å²) < 4.78 is 42.9. The lowest BCUT2D eigenvalue weighted by Gasteiger charge is -2.21. The van der Waals surface area contributed by atoms with Crippen molar-refractivity contribution in [2.45, 2.75) is 11.9 Å². The zero-order valence-corrected chi connectivity index (χ0v) is 13.6. The Labute approximate surface area is 139 Å². The van der Waals surface area contributed by atoms with E-state index >= 15 is 0 Å². The second kappa shape index (κ2) is 6.32. The molecule has 0 fully saturated rings. The third-order valence-corrected chi connectivity index (χ3v) is 5.53. The van der Waals surface area contributed by atoms with Gasteiger partial charge in [0, 0.05) is 17.4 Å². The van der Waals surface area contributed by atoms with Gasteiger partial charge in [0.2, 0.25) is 5.12 Å². The fourth-order valence-electron chi connectivity index (χ4n) is 2.37. The number of carbonyl (C=O) groups is 1. The molecule has 0 saturated heterocycles. The predicted molar refractivity (Wildman–Crippen MR) is 89.6 cm³/mol. The van der Waals surface area contributed by atoms with E-state index in [0.29, 0.717) is 28.3 Å². The smallest absolute Gasteiger partial charge is 0.416 e. The van der Waals surface area contributed by atoms with Crippen LogP contribution in [0.2, 0.25) is 0 Å². The number of hydrogen-bond acceptors (Lipinski definition) is 3. The first-order valence-corrected chi connectivity index (χ1v) is 8.67. The van der Waals surface area contributed by atoms with Crippen LogP contribution in [0.25, 0.3) is 0 Å². The first kappa shape index (κ1) is 16.6. The second-order valence-corrected chi connectivity index (χ2v) is 7.15. The quantitative estimate of drug-likeness (QED) is 0.810. The van der Waals surface area contributed by atoms with E-state index in [4.69, 9.17) is 4.74 Å². The zero-order valence-electron chi connectivity index (χ0n) is 12.7. The number of alkyl halides is 3. The molecule has 3 rings (SSSR count). The van der Waals surface area contributed by atoms with Gasteiger partial charge in [0.1, 0.15) is 5.75 Å². The lowest BCUT2D eigenvalue weighted by Crippen LogP contribution is -2.09. The van der Waals surface area contributed by atoms with Crippen LogP contribution < -0.4 is 4.74 Å². The van der Waals surface area contributed by atoms with E-state index in [1.54, 1.807) is 23.7 Å². The molecule has 0 aromatic heterocycles. The molecule has 0 amide bonds. The molecule has 1 heterocycles. The van der Waals surface area contributed by atoms with Gasteiger partial charge in [-0.3, -0.25) is 9.79 Å². The van der Waals surface area contributed by atoms with Crippen molar-refractivity contribution in [2.75, 3.05) is 7.11 Å². The zero-order chi connectivity index (χ0) is 17.3. The average Bonchev–Trinajstić information content (AvgIpc) is 2.57.